The highest BCUT2D eigenvalue weighted by Crippen LogP contribution is 2.13. The van der Waals surface area contributed by atoms with Crippen molar-refractivity contribution in [2.75, 3.05) is 11.9 Å². The van der Waals surface area contributed by atoms with Gasteiger partial charge in [0.05, 0.1) is 0 Å². The van der Waals surface area contributed by atoms with E-state index in [-0.39, 0.29) is 0 Å². The van der Waals surface area contributed by atoms with Gasteiger partial charge in [-0.3, -0.25) is 4.90 Å². The summed E-state index contributed by atoms with van der Waals surface area (Å²) in [4.78, 5) is 12.2. The van der Waals surface area contributed by atoms with Crippen LogP contribution in [-0.2, 0) is 0 Å². The van der Waals surface area contributed by atoms with E-state index in [4.69, 9.17) is 23.1 Å². The van der Waals surface area contributed by atoms with E-state index in [0.717, 1.165) is 11.1 Å². The number of carboxylic acid groups (broad SMARTS) is 1. The fraction of sp³-hybridized carbons (Fsp3) is 0.125. The molecule has 0 atom stereocenters. The minimum absolute atomic E-state index is 0.454. The van der Waals surface area contributed by atoms with Crippen molar-refractivity contribution in [1.29, 1.82) is 0 Å². The highest BCUT2D eigenvalue weighted by molar-refractivity contribution is 7.80. The zero-order valence-corrected chi connectivity index (χ0v) is 12.8. The van der Waals surface area contributed by atoms with Crippen molar-refractivity contribution < 1.29 is 9.90 Å². The van der Waals surface area contributed by atoms with E-state index in [1.807, 2.05) is 55.5 Å². The summed E-state index contributed by atoms with van der Waals surface area (Å²) in [6, 6.07) is 16.9. The second-order valence-corrected chi connectivity index (χ2v) is 4.85. The number of nitrogens with zero attached hydrogens (tertiary/aromatic N) is 1. The molecule has 2 aromatic rings. The van der Waals surface area contributed by atoms with Crippen LogP contribution in [0.3, 0.4) is 0 Å². The van der Waals surface area contributed by atoms with Crippen LogP contribution in [-0.4, -0.2) is 23.2 Å². The molecular formula is C16H18N2O2S. The number of thiocarbonyl (C=S) groups is 1. The summed E-state index contributed by atoms with van der Waals surface area (Å²) in [6.07, 6.45) is -0.944. The summed E-state index contributed by atoms with van der Waals surface area (Å²) >= 11 is 4.74. The van der Waals surface area contributed by atoms with Crippen LogP contribution in [0.25, 0.3) is 0 Å². The number of benzene rings is 2. The summed E-state index contributed by atoms with van der Waals surface area (Å²) in [6.45, 7) is 1.93. The molecule has 110 valence electrons. The highest BCUT2D eigenvalue weighted by atomic mass is 32.1. The molecular weight excluding hydrogens is 284 g/mol. The van der Waals surface area contributed by atoms with E-state index in [9.17, 15) is 4.79 Å². The van der Waals surface area contributed by atoms with E-state index >= 15 is 0 Å². The average Bonchev–Trinajstić information content (AvgIpc) is 2.48. The number of hydrogen-bond donors (Lipinski definition) is 2. The molecule has 1 amide bonds. The van der Waals surface area contributed by atoms with Gasteiger partial charge in [0.1, 0.15) is 4.99 Å². The molecule has 2 aromatic carbocycles. The first kappa shape index (κ1) is 16.7. The van der Waals surface area contributed by atoms with Gasteiger partial charge in [-0.05, 0) is 24.6 Å². The number of aryl methyl sites for hydroxylation is 1. The largest absolute Gasteiger partial charge is 0.465 e. The van der Waals surface area contributed by atoms with Crippen LogP contribution in [0.5, 0.6) is 0 Å². The van der Waals surface area contributed by atoms with Crippen molar-refractivity contribution in [2.45, 2.75) is 6.92 Å². The van der Waals surface area contributed by atoms with E-state index in [2.05, 4.69) is 0 Å². The second-order valence-electron chi connectivity index (χ2n) is 4.41. The molecule has 0 aliphatic carbocycles. The van der Waals surface area contributed by atoms with Crippen molar-refractivity contribution in [3.05, 3.63) is 65.7 Å². The van der Waals surface area contributed by atoms with Gasteiger partial charge in [-0.15, -0.1) is 0 Å². The van der Waals surface area contributed by atoms with Crippen LogP contribution >= 0.6 is 12.2 Å². The maximum absolute atomic E-state index is 10.5. The standard InChI is InChI=1S/C9H11NO2.C7H7NS/c1-7-4-3-5-8(6-7)10(2)9(11)12;8-7(9)6-4-2-1-3-5-6/h3-6H,1-2H3,(H,11,12);1-5H,(H2,8,9). The number of carbonyl (C=O) groups is 1. The smallest absolute Gasteiger partial charge is 0.411 e. The van der Waals surface area contributed by atoms with Crippen LogP contribution in [0.4, 0.5) is 10.5 Å². The molecule has 0 aliphatic rings. The molecule has 0 spiro atoms. The van der Waals surface area contributed by atoms with Gasteiger partial charge < -0.3 is 10.8 Å². The van der Waals surface area contributed by atoms with Gasteiger partial charge in [-0.1, -0.05) is 54.7 Å². The van der Waals surface area contributed by atoms with Gasteiger partial charge in [-0.25, -0.2) is 4.79 Å². The summed E-state index contributed by atoms with van der Waals surface area (Å²) in [5.74, 6) is 0. The Morgan fingerprint density at radius 2 is 1.76 bits per heavy atom. The Morgan fingerprint density at radius 1 is 1.14 bits per heavy atom. The second kappa shape index (κ2) is 8.01. The summed E-state index contributed by atoms with van der Waals surface area (Å²) in [5.41, 5.74) is 8.02. The van der Waals surface area contributed by atoms with Crippen LogP contribution in [0.1, 0.15) is 11.1 Å². The molecule has 21 heavy (non-hydrogen) atoms. The maximum Gasteiger partial charge on any atom is 0.411 e. The number of rotatable bonds is 2. The number of hydrogen-bond acceptors (Lipinski definition) is 2. The molecule has 0 radical (unpaired) electrons. The summed E-state index contributed by atoms with van der Waals surface area (Å²) in [7, 11) is 1.52. The predicted octanol–water partition coefficient (Wildman–Crippen LogP) is 3.43. The van der Waals surface area contributed by atoms with E-state index in [1.165, 1.54) is 11.9 Å². The zero-order valence-electron chi connectivity index (χ0n) is 12.0. The lowest BCUT2D eigenvalue weighted by atomic mass is 10.2. The Balaban J connectivity index is 0.000000219. The minimum Gasteiger partial charge on any atom is -0.465 e. The van der Waals surface area contributed by atoms with Crippen LogP contribution in [0, 0.1) is 6.92 Å². The molecule has 4 nitrogen and oxygen atoms in total. The SMILES string of the molecule is Cc1cccc(N(C)C(=O)O)c1.NC(=S)c1ccccc1. The molecule has 0 saturated heterocycles. The van der Waals surface area contributed by atoms with Crippen molar-refractivity contribution in [2.24, 2.45) is 5.73 Å². The highest BCUT2D eigenvalue weighted by Gasteiger charge is 2.06. The normalized spacial score (nSPS) is 9.24. The average molecular weight is 302 g/mol. The Hall–Kier alpha value is -2.40. The summed E-state index contributed by atoms with van der Waals surface area (Å²) in [5, 5.41) is 8.65. The van der Waals surface area contributed by atoms with Crippen LogP contribution < -0.4 is 10.6 Å². The number of amides is 1. The van der Waals surface area contributed by atoms with Gasteiger partial charge in [0.15, 0.2) is 0 Å². The fourth-order valence-electron chi connectivity index (χ4n) is 1.55. The topological polar surface area (TPSA) is 66.6 Å². The molecule has 2 rings (SSSR count). The van der Waals surface area contributed by atoms with Crippen molar-refractivity contribution >= 4 is 29.0 Å². The third-order valence-electron chi connectivity index (χ3n) is 2.73. The van der Waals surface area contributed by atoms with Gasteiger partial charge in [0.2, 0.25) is 0 Å². The van der Waals surface area contributed by atoms with E-state index < -0.39 is 6.09 Å². The number of anilines is 1. The van der Waals surface area contributed by atoms with E-state index in [1.54, 1.807) is 6.07 Å². The monoisotopic (exact) mass is 302 g/mol. The third-order valence-corrected chi connectivity index (χ3v) is 2.97. The van der Waals surface area contributed by atoms with Crippen molar-refractivity contribution in [3.8, 4) is 0 Å². The van der Waals surface area contributed by atoms with Crippen LogP contribution in [0.15, 0.2) is 54.6 Å². The lowest BCUT2D eigenvalue weighted by Crippen LogP contribution is -2.23. The van der Waals surface area contributed by atoms with Gasteiger partial charge >= 0.3 is 6.09 Å². The first-order valence-corrected chi connectivity index (χ1v) is 6.71. The first-order chi connectivity index (χ1) is 9.91. The molecule has 3 N–H and O–H groups in total. The molecule has 5 heteroatoms. The Kier molecular flexibility index (Phi) is 6.36. The third kappa shape index (κ3) is 5.62. The number of nitrogens with two attached hydrogens (primary N) is 1. The van der Waals surface area contributed by atoms with Gasteiger partial charge in [0.25, 0.3) is 0 Å². The van der Waals surface area contributed by atoms with Gasteiger partial charge in [0, 0.05) is 18.3 Å². The molecule has 0 aromatic heterocycles. The molecule has 0 saturated carbocycles. The minimum atomic E-state index is -0.944. The quantitative estimate of drug-likeness (QED) is 0.834. The Bertz CT molecular complexity index is 615. The van der Waals surface area contributed by atoms with Crippen molar-refractivity contribution in [3.63, 3.8) is 0 Å². The van der Waals surface area contributed by atoms with Crippen LogP contribution in [0.2, 0.25) is 0 Å². The van der Waals surface area contributed by atoms with E-state index in [0.29, 0.717) is 10.7 Å². The van der Waals surface area contributed by atoms with Gasteiger partial charge in [-0.2, -0.15) is 0 Å². The maximum atomic E-state index is 10.5. The Morgan fingerprint density at radius 3 is 2.19 bits per heavy atom. The Labute approximate surface area is 129 Å². The lowest BCUT2D eigenvalue weighted by Gasteiger charge is -2.12. The molecule has 0 unspecified atom stereocenters. The fourth-order valence-corrected chi connectivity index (χ4v) is 1.69. The molecule has 0 heterocycles. The molecule has 0 fully saturated rings. The molecule has 0 aliphatic heterocycles. The first-order valence-electron chi connectivity index (χ1n) is 6.30. The van der Waals surface area contributed by atoms with Crippen molar-refractivity contribution in [1.82, 2.24) is 0 Å². The predicted molar refractivity (Wildman–Crippen MR) is 89.9 cm³/mol. The molecule has 0 bridgehead atoms. The lowest BCUT2D eigenvalue weighted by molar-refractivity contribution is 0.203. The summed E-state index contributed by atoms with van der Waals surface area (Å²) < 4.78 is 0. The zero-order chi connectivity index (χ0) is 15.8.